The number of aromatic amines is 1. The van der Waals surface area contributed by atoms with E-state index in [1.54, 1.807) is 66.4 Å². The molecule has 1 amide bonds. The first-order chi connectivity index (χ1) is 19.3. The number of amides is 1. The lowest BCUT2D eigenvalue weighted by Gasteiger charge is -2.18. The normalized spacial score (nSPS) is 11.9. The fraction of sp³-hybridized carbons (Fsp3) is 0.154. The quantitative estimate of drug-likeness (QED) is 0.222. The van der Waals surface area contributed by atoms with Gasteiger partial charge in [0, 0.05) is 47.8 Å². The molecule has 1 atom stereocenters. The topological polar surface area (TPSA) is 153 Å². The summed E-state index contributed by atoms with van der Waals surface area (Å²) in [7, 11) is 1.58. The van der Waals surface area contributed by atoms with E-state index < -0.39 is 12.1 Å². The van der Waals surface area contributed by atoms with Crippen molar-refractivity contribution in [3.05, 3.63) is 93.5 Å². The molecular formula is C26H22Cl2N8O4. The Morgan fingerprint density at radius 3 is 2.60 bits per heavy atom. The minimum absolute atomic E-state index is 0.214. The lowest BCUT2D eigenvalue weighted by molar-refractivity contribution is 0.182. The van der Waals surface area contributed by atoms with E-state index in [-0.39, 0.29) is 10.7 Å². The second kappa shape index (κ2) is 11.7. The Hall–Kier alpha value is -4.52. The molecule has 0 bridgehead atoms. The van der Waals surface area contributed by atoms with Gasteiger partial charge in [0.25, 0.3) is 5.56 Å². The van der Waals surface area contributed by atoms with Gasteiger partial charge >= 0.3 is 6.09 Å². The lowest BCUT2D eigenvalue weighted by Crippen LogP contribution is -2.26. The van der Waals surface area contributed by atoms with Crippen LogP contribution in [0.5, 0.6) is 0 Å². The number of methoxy groups -OCH3 is 1. The minimum Gasteiger partial charge on any atom is -0.465 e. The predicted octanol–water partition coefficient (Wildman–Crippen LogP) is 4.90. The van der Waals surface area contributed by atoms with Crippen molar-refractivity contribution < 1.29 is 14.6 Å². The summed E-state index contributed by atoms with van der Waals surface area (Å²) in [5, 5.41) is 23.3. The maximum atomic E-state index is 13.5. The van der Waals surface area contributed by atoms with Crippen LogP contribution in [0.1, 0.15) is 18.3 Å². The number of ether oxygens (including phenoxy) is 1. The van der Waals surface area contributed by atoms with Gasteiger partial charge in [-0.1, -0.05) is 35.3 Å². The molecule has 0 saturated carbocycles. The molecule has 204 valence electrons. The average Bonchev–Trinajstić information content (AvgIpc) is 3.60. The highest BCUT2D eigenvalue weighted by Crippen LogP contribution is 2.32. The molecule has 5 rings (SSSR count). The number of carboxylic acid groups (broad SMARTS) is 1. The van der Waals surface area contributed by atoms with Crippen molar-refractivity contribution in [1.29, 1.82) is 0 Å². The average molecular weight is 581 g/mol. The number of halogens is 2. The van der Waals surface area contributed by atoms with Crippen molar-refractivity contribution in [1.82, 2.24) is 34.7 Å². The Balaban J connectivity index is 1.51. The maximum Gasteiger partial charge on any atom is 0.409 e. The van der Waals surface area contributed by atoms with Gasteiger partial charge in [0.2, 0.25) is 0 Å². The van der Waals surface area contributed by atoms with Crippen molar-refractivity contribution >= 4 is 35.0 Å². The number of hydrogen-bond acceptors (Lipinski definition) is 7. The summed E-state index contributed by atoms with van der Waals surface area (Å²) in [5.41, 5.74) is 3.35. The van der Waals surface area contributed by atoms with Crippen LogP contribution in [0.3, 0.4) is 0 Å². The summed E-state index contributed by atoms with van der Waals surface area (Å²) >= 11 is 12.8. The second-order valence-corrected chi connectivity index (χ2v) is 9.46. The lowest BCUT2D eigenvalue weighted by atomic mass is 10.0. The van der Waals surface area contributed by atoms with Crippen molar-refractivity contribution in [3.63, 3.8) is 0 Å². The number of H-pyrrole nitrogens is 1. The van der Waals surface area contributed by atoms with Crippen molar-refractivity contribution in [2.24, 2.45) is 0 Å². The number of hydrogen-bond donors (Lipinski definition) is 3. The number of pyridine rings is 1. The molecule has 1 unspecified atom stereocenters. The molecule has 3 N–H and O–H groups in total. The number of rotatable bonds is 9. The van der Waals surface area contributed by atoms with Crippen LogP contribution in [0.15, 0.2) is 71.9 Å². The Kier molecular flexibility index (Phi) is 7.91. The zero-order valence-corrected chi connectivity index (χ0v) is 22.5. The van der Waals surface area contributed by atoms with E-state index in [1.165, 1.54) is 17.1 Å². The molecule has 0 aliphatic carbocycles. The molecule has 5 aromatic rings. The molecule has 0 aliphatic rings. The zero-order valence-electron chi connectivity index (χ0n) is 21.0. The Labute approximate surface area is 237 Å². The van der Waals surface area contributed by atoms with E-state index >= 15 is 0 Å². The third-order valence-electron chi connectivity index (χ3n) is 6.16. The van der Waals surface area contributed by atoms with Crippen LogP contribution < -0.4 is 10.9 Å². The highest BCUT2D eigenvalue weighted by Gasteiger charge is 2.22. The summed E-state index contributed by atoms with van der Waals surface area (Å²) in [4.78, 5) is 32.1. The predicted molar refractivity (Wildman–Crippen MR) is 149 cm³/mol. The highest BCUT2D eigenvalue weighted by atomic mass is 35.5. The number of aromatic nitrogens is 7. The van der Waals surface area contributed by atoms with E-state index in [0.717, 1.165) is 0 Å². The summed E-state index contributed by atoms with van der Waals surface area (Å²) in [6.07, 6.45) is 2.43. The second-order valence-electron chi connectivity index (χ2n) is 8.67. The molecule has 40 heavy (non-hydrogen) atoms. The van der Waals surface area contributed by atoms with Gasteiger partial charge in [-0.05, 0) is 58.8 Å². The van der Waals surface area contributed by atoms with Gasteiger partial charge in [-0.2, -0.15) is 4.68 Å². The van der Waals surface area contributed by atoms with Gasteiger partial charge < -0.3 is 19.4 Å². The standard InChI is InChI=1S/C26H22Cl2N8O4/c1-40-11-9-21(25-31-23(24(28)32-25)15-2-5-18(6-3-15)30-26(38)39)35-10-8-16(12-22(35)37)19-13-17(27)4-7-20(19)36-14-29-33-34-36/h2-8,10,12-14,21,30H,9,11H2,1H3,(H,31,32)(H,38,39). The van der Waals surface area contributed by atoms with Gasteiger partial charge in [-0.25, -0.2) is 9.78 Å². The molecule has 14 heteroatoms. The smallest absolute Gasteiger partial charge is 0.409 e. The fourth-order valence-electron chi connectivity index (χ4n) is 4.32. The van der Waals surface area contributed by atoms with Gasteiger partial charge in [0.05, 0.1) is 17.4 Å². The number of benzene rings is 2. The van der Waals surface area contributed by atoms with Crippen LogP contribution in [0, 0.1) is 0 Å². The number of carbonyl (C=O) groups is 1. The van der Waals surface area contributed by atoms with Gasteiger partial charge in [0.1, 0.15) is 12.2 Å². The maximum absolute atomic E-state index is 13.5. The van der Waals surface area contributed by atoms with Crippen LogP contribution in [0.2, 0.25) is 10.2 Å². The molecule has 0 saturated heterocycles. The van der Waals surface area contributed by atoms with Gasteiger partial charge in [-0.3, -0.25) is 10.1 Å². The summed E-state index contributed by atoms with van der Waals surface area (Å²) in [6.45, 7) is 0.361. The highest BCUT2D eigenvalue weighted by molar-refractivity contribution is 6.32. The SMILES string of the molecule is COCCC(c1nc(Cl)c(-c2ccc(NC(=O)O)cc2)[nH]1)n1ccc(-c2cc(Cl)ccc2-n2cnnn2)cc1=O. The van der Waals surface area contributed by atoms with E-state index in [2.05, 4.69) is 30.8 Å². The third kappa shape index (κ3) is 5.73. The zero-order chi connectivity index (χ0) is 28.2. The van der Waals surface area contributed by atoms with Crippen molar-refractivity contribution in [3.8, 4) is 28.1 Å². The molecule has 3 heterocycles. The van der Waals surface area contributed by atoms with E-state index in [4.69, 9.17) is 33.0 Å². The monoisotopic (exact) mass is 580 g/mol. The molecule has 0 radical (unpaired) electrons. The summed E-state index contributed by atoms with van der Waals surface area (Å²) in [5.74, 6) is 0.469. The molecule has 2 aromatic carbocycles. The molecular weight excluding hydrogens is 559 g/mol. The van der Waals surface area contributed by atoms with Crippen molar-refractivity contribution in [2.75, 3.05) is 19.0 Å². The number of nitrogens with one attached hydrogen (secondary N) is 2. The summed E-state index contributed by atoms with van der Waals surface area (Å²) < 4.78 is 8.36. The first kappa shape index (κ1) is 27.1. The van der Waals surface area contributed by atoms with Gasteiger partial charge in [-0.15, -0.1) is 5.10 Å². The van der Waals surface area contributed by atoms with Crippen LogP contribution in [-0.4, -0.2) is 59.7 Å². The van der Waals surface area contributed by atoms with Crippen LogP contribution in [-0.2, 0) is 4.74 Å². The first-order valence-corrected chi connectivity index (χ1v) is 12.7. The summed E-state index contributed by atoms with van der Waals surface area (Å²) in [6, 6.07) is 14.7. The van der Waals surface area contributed by atoms with Crippen LogP contribution >= 0.6 is 23.2 Å². The first-order valence-electron chi connectivity index (χ1n) is 11.9. The molecule has 0 spiro atoms. The molecule has 0 fully saturated rings. The van der Waals surface area contributed by atoms with E-state index in [0.29, 0.717) is 57.6 Å². The minimum atomic E-state index is -1.16. The van der Waals surface area contributed by atoms with Crippen LogP contribution in [0.4, 0.5) is 10.5 Å². The fourth-order valence-corrected chi connectivity index (χ4v) is 4.74. The Morgan fingerprint density at radius 2 is 1.93 bits per heavy atom. The number of imidazole rings is 1. The molecule has 0 aliphatic heterocycles. The van der Waals surface area contributed by atoms with E-state index in [1.807, 2.05) is 0 Å². The number of anilines is 1. The van der Waals surface area contributed by atoms with Crippen LogP contribution in [0.25, 0.3) is 28.1 Å². The Morgan fingerprint density at radius 1 is 1.12 bits per heavy atom. The largest absolute Gasteiger partial charge is 0.465 e. The third-order valence-corrected chi connectivity index (χ3v) is 6.67. The van der Waals surface area contributed by atoms with Crippen molar-refractivity contribution in [2.45, 2.75) is 12.5 Å². The Bertz CT molecular complexity index is 1700. The number of tetrazole rings is 1. The van der Waals surface area contributed by atoms with Gasteiger partial charge in [0.15, 0.2) is 5.15 Å². The molecule has 3 aromatic heterocycles. The number of nitrogens with zero attached hydrogens (tertiary/aromatic N) is 6. The van der Waals surface area contributed by atoms with E-state index in [9.17, 15) is 9.59 Å². The molecule has 12 nitrogen and oxygen atoms in total.